The van der Waals surface area contributed by atoms with E-state index < -0.39 is 6.10 Å². The number of hydrogen-bond acceptors (Lipinski definition) is 2. The molecule has 2 heteroatoms. The minimum absolute atomic E-state index is 0.439. The highest BCUT2D eigenvalue weighted by Crippen LogP contribution is 2.26. The lowest BCUT2D eigenvalue weighted by atomic mass is 9.94. The molecule has 0 fully saturated rings. The van der Waals surface area contributed by atoms with Gasteiger partial charge in [0.05, 0.1) is 13.2 Å². The third-order valence-electron chi connectivity index (χ3n) is 4.74. The fraction of sp³-hybridized carbons (Fsp3) is 0.417. The first-order chi connectivity index (χ1) is 12.7. The highest BCUT2D eigenvalue weighted by atomic mass is 16.5. The monoisotopic (exact) mass is 352 g/mol. The standard InChI is InChI=1S/C24H32O2/c1-3-4-5-6-7-11-14-24(25)23(21-12-9-8-10-13-21)19-20-15-17-22(26-2)18-16-20/h8-10,12-13,15-19,24-25H,3-7,11,14H2,1-2H3/b23-19-. The van der Waals surface area contributed by atoms with Crippen LogP contribution < -0.4 is 4.74 Å². The van der Waals surface area contributed by atoms with E-state index in [-0.39, 0.29) is 0 Å². The smallest absolute Gasteiger partial charge is 0.118 e. The lowest BCUT2D eigenvalue weighted by molar-refractivity contribution is 0.217. The molecule has 0 spiro atoms. The Balaban J connectivity index is 2.07. The fourth-order valence-corrected chi connectivity index (χ4v) is 3.16. The summed E-state index contributed by atoms with van der Waals surface area (Å²) in [5.41, 5.74) is 3.15. The third-order valence-corrected chi connectivity index (χ3v) is 4.74. The van der Waals surface area contributed by atoms with Crippen LogP contribution in [0.3, 0.4) is 0 Å². The van der Waals surface area contributed by atoms with Crippen LogP contribution in [0.5, 0.6) is 5.75 Å². The van der Waals surface area contributed by atoms with Gasteiger partial charge in [-0.3, -0.25) is 0 Å². The second-order valence-corrected chi connectivity index (χ2v) is 6.81. The minimum Gasteiger partial charge on any atom is -0.497 e. The summed E-state index contributed by atoms with van der Waals surface area (Å²) < 4.78 is 5.23. The Morgan fingerprint density at radius 3 is 2.23 bits per heavy atom. The molecule has 2 nitrogen and oxygen atoms in total. The average molecular weight is 353 g/mol. The largest absolute Gasteiger partial charge is 0.497 e. The van der Waals surface area contributed by atoms with Crippen molar-refractivity contribution in [3.63, 3.8) is 0 Å². The van der Waals surface area contributed by atoms with Gasteiger partial charge < -0.3 is 9.84 Å². The molecule has 2 rings (SSSR count). The van der Waals surface area contributed by atoms with Crippen LogP contribution in [0.2, 0.25) is 0 Å². The van der Waals surface area contributed by atoms with Crippen LogP contribution in [-0.2, 0) is 0 Å². The van der Waals surface area contributed by atoms with Gasteiger partial charge in [0, 0.05) is 0 Å². The average Bonchev–Trinajstić information content (AvgIpc) is 2.69. The first kappa shape index (κ1) is 20.3. The molecule has 0 aliphatic carbocycles. The number of methoxy groups -OCH3 is 1. The normalized spacial score (nSPS) is 12.8. The molecule has 0 amide bonds. The van der Waals surface area contributed by atoms with Crippen LogP contribution in [0.25, 0.3) is 11.6 Å². The quantitative estimate of drug-likeness (QED) is 0.377. The van der Waals surface area contributed by atoms with Gasteiger partial charge in [0.2, 0.25) is 0 Å². The Labute approximate surface area is 158 Å². The zero-order valence-electron chi connectivity index (χ0n) is 16.2. The molecule has 0 radical (unpaired) electrons. The van der Waals surface area contributed by atoms with E-state index in [9.17, 15) is 5.11 Å². The first-order valence-corrected chi connectivity index (χ1v) is 9.83. The summed E-state index contributed by atoms with van der Waals surface area (Å²) in [6, 6.07) is 18.2. The van der Waals surface area contributed by atoms with Crippen molar-refractivity contribution in [2.75, 3.05) is 7.11 Å². The molecular weight excluding hydrogens is 320 g/mol. The molecule has 0 aliphatic heterocycles. The fourth-order valence-electron chi connectivity index (χ4n) is 3.16. The maximum atomic E-state index is 10.8. The summed E-state index contributed by atoms with van der Waals surface area (Å²) in [7, 11) is 1.67. The molecule has 0 saturated heterocycles. The predicted octanol–water partition coefficient (Wildman–Crippen LogP) is 6.35. The summed E-state index contributed by atoms with van der Waals surface area (Å²) in [6.45, 7) is 2.24. The van der Waals surface area contributed by atoms with E-state index >= 15 is 0 Å². The summed E-state index contributed by atoms with van der Waals surface area (Å²) in [4.78, 5) is 0. The molecule has 26 heavy (non-hydrogen) atoms. The molecule has 0 aliphatic rings. The second kappa shape index (κ2) is 11.5. The van der Waals surface area contributed by atoms with Crippen molar-refractivity contribution in [3.05, 3.63) is 65.7 Å². The van der Waals surface area contributed by atoms with Crippen LogP contribution in [0.1, 0.15) is 63.0 Å². The van der Waals surface area contributed by atoms with E-state index in [1.54, 1.807) is 7.11 Å². The highest BCUT2D eigenvalue weighted by molar-refractivity contribution is 5.83. The van der Waals surface area contributed by atoms with Crippen molar-refractivity contribution in [1.82, 2.24) is 0 Å². The number of aliphatic hydroxyl groups excluding tert-OH is 1. The van der Waals surface area contributed by atoms with Crippen molar-refractivity contribution >= 4 is 11.6 Å². The predicted molar refractivity (Wildman–Crippen MR) is 111 cm³/mol. The Kier molecular flexibility index (Phi) is 8.99. The van der Waals surface area contributed by atoms with E-state index in [1.807, 2.05) is 42.5 Å². The molecule has 1 N–H and O–H groups in total. The summed E-state index contributed by atoms with van der Waals surface area (Å²) >= 11 is 0. The van der Waals surface area contributed by atoms with Crippen molar-refractivity contribution in [2.24, 2.45) is 0 Å². The molecule has 2 aromatic rings. The summed E-state index contributed by atoms with van der Waals surface area (Å²) in [5.74, 6) is 0.844. The maximum Gasteiger partial charge on any atom is 0.118 e. The van der Waals surface area contributed by atoms with Gasteiger partial charge in [-0.1, -0.05) is 87.9 Å². The number of unbranched alkanes of at least 4 members (excludes halogenated alkanes) is 5. The van der Waals surface area contributed by atoms with Crippen LogP contribution >= 0.6 is 0 Å². The topological polar surface area (TPSA) is 29.5 Å². The van der Waals surface area contributed by atoms with Gasteiger partial charge in [-0.15, -0.1) is 0 Å². The van der Waals surface area contributed by atoms with Crippen molar-refractivity contribution in [3.8, 4) is 5.75 Å². The SMILES string of the molecule is CCCCCCCCC(O)/C(=C\c1ccc(OC)cc1)c1ccccc1. The minimum atomic E-state index is -0.439. The van der Waals surface area contributed by atoms with E-state index in [1.165, 1.54) is 32.1 Å². The third kappa shape index (κ3) is 6.68. The van der Waals surface area contributed by atoms with E-state index in [0.29, 0.717) is 0 Å². The number of hydrogen-bond donors (Lipinski definition) is 1. The van der Waals surface area contributed by atoms with E-state index in [4.69, 9.17) is 4.74 Å². The molecule has 140 valence electrons. The number of rotatable bonds is 11. The Morgan fingerprint density at radius 1 is 0.923 bits per heavy atom. The summed E-state index contributed by atoms with van der Waals surface area (Å²) in [5, 5.41) is 10.8. The van der Waals surface area contributed by atoms with Gasteiger partial charge in [0.1, 0.15) is 5.75 Å². The molecule has 0 bridgehead atoms. The molecule has 0 saturated carbocycles. The number of aliphatic hydroxyl groups is 1. The molecular formula is C24H32O2. The Morgan fingerprint density at radius 2 is 1.58 bits per heavy atom. The zero-order chi connectivity index (χ0) is 18.6. The highest BCUT2D eigenvalue weighted by Gasteiger charge is 2.13. The first-order valence-electron chi connectivity index (χ1n) is 9.83. The summed E-state index contributed by atoms with van der Waals surface area (Å²) in [6.07, 6.45) is 9.88. The maximum absolute atomic E-state index is 10.8. The number of ether oxygens (including phenoxy) is 1. The van der Waals surface area contributed by atoms with Crippen molar-refractivity contribution < 1.29 is 9.84 Å². The molecule has 0 aromatic heterocycles. The van der Waals surface area contributed by atoms with Crippen LogP contribution in [0, 0.1) is 0 Å². The van der Waals surface area contributed by atoms with Gasteiger partial charge >= 0.3 is 0 Å². The van der Waals surface area contributed by atoms with Crippen LogP contribution in [-0.4, -0.2) is 18.3 Å². The van der Waals surface area contributed by atoms with Gasteiger partial charge in [-0.05, 0) is 41.3 Å². The molecule has 1 atom stereocenters. The van der Waals surface area contributed by atoms with Crippen LogP contribution in [0.4, 0.5) is 0 Å². The van der Waals surface area contributed by atoms with Gasteiger partial charge in [-0.25, -0.2) is 0 Å². The van der Waals surface area contributed by atoms with Crippen LogP contribution in [0.15, 0.2) is 54.6 Å². The van der Waals surface area contributed by atoms with Gasteiger partial charge in [0.25, 0.3) is 0 Å². The second-order valence-electron chi connectivity index (χ2n) is 6.81. The Hall–Kier alpha value is -2.06. The van der Waals surface area contributed by atoms with Gasteiger partial charge in [0.15, 0.2) is 0 Å². The zero-order valence-corrected chi connectivity index (χ0v) is 16.2. The lowest BCUT2D eigenvalue weighted by Gasteiger charge is -2.16. The van der Waals surface area contributed by atoms with Crippen molar-refractivity contribution in [2.45, 2.75) is 58.0 Å². The van der Waals surface area contributed by atoms with E-state index in [0.717, 1.165) is 35.3 Å². The number of benzene rings is 2. The molecule has 0 heterocycles. The Bertz CT molecular complexity index is 644. The lowest BCUT2D eigenvalue weighted by Crippen LogP contribution is -2.09. The van der Waals surface area contributed by atoms with E-state index in [2.05, 4.69) is 25.1 Å². The van der Waals surface area contributed by atoms with Gasteiger partial charge in [-0.2, -0.15) is 0 Å². The molecule has 2 aromatic carbocycles. The van der Waals surface area contributed by atoms with Crippen molar-refractivity contribution in [1.29, 1.82) is 0 Å². The molecule has 1 unspecified atom stereocenters.